The van der Waals surface area contributed by atoms with Gasteiger partial charge in [-0.15, -0.1) is 0 Å². The fourth-order valence-electron chi connectivity index (χ4n) is 3.17. The van der Waals surface area contributed by atoms with E-state index in [1.54, 1.807) is 0 Å². The van der Waals surface area contributed by atoms with E-state index in [-0.39, 0.29) is 12.2 Å². The molecule has 0 unspecified atom stereocenters. The Hall–Kier alpha value is -3.49. The smallest absolute Gasteiger partial charge is 0.313 e. The highest BCUT2D eigenvalue weighted by molar-refractivity contribution is 6.39. The average Bonchev–Trinajstić information content (AvgIpc) is 3.24. The Morgan fingerprint density at radius 2 is 1.76 bits per heavy atom. The van der Waals surface area contributed by atoms with E-state index in [9.17, 15) is 24.1 Å². The number of nitro benzene ring substituents is 1. The van der Waals surface area contributed by atoms with Crippen molar-refractivity contribution in [2.75, 3.05) is 29.9 Å². The van der Waals surface area contributed by atoms with Gasteiger partial charge in [-0.2, -0.15) is 4.39 Å². The molecule has 1 heterocycles. The molecular formula is C20H21FN4O4. The lowest BCUT2D eigenvalue weighted by Crippen LogP contribution is -2.36. The van der Waals surface area contributed by atoms with E-state index in [2.05, 4.69) is 27.7 Å². The minimum Gasteiger partial charge on any atom is -0.372 e. The number of nitrogens with zero attached hydrogens (tertiary/aromatic N) is 2. The first-order chi connectivity index (χ1) is 13.9. The van der Waals surface area contributed by atoms with Crippen molar-refractivity contribution in [3.05, 3.63) is 64.0 Å². The lowest BCUT2D eigenvalue weighted by atomic mass is 10.1. The fraction of sp³-hybridized carbons (Fsp3) is 0.300. The van der Waals surface area contributed by atoms with E-state index in [0.717, 1.165) is 36.9 Å². The van der Waals surface area contributed by atoms with Gasteiger partial charge in [0.1, 0.15) is 0 Å². The molecule has 0 aromatic heterocycles. The van der Waals surface area contributed by atoms with E-state index in [1.165, 1.54) is 18.5 Å². The van der Waals surface area contributed by atoms with Crippen LogP contribution in [0.15, 0.2) is 42.5 Å². The topological polar surface area (TPSA) is 105 Å². The highest BCUT2D eigenvalue weighted by Crippen LogP contribution is 2.22. The Balaban J connectivity index is 1.47. The second-order valence-electron chi connectivity index (χ2n) is 6.74. The third-order valence-corrected chi connectivity index (χ3v) is 4.71. The van der Waals surface area contributed by atoms with Gasteiger partial charge in [0.2, 0.25) is 5.82 Å². The first-order valence-electron chi connectivity index (χ1n) is 9.31. The molecule has 152 valence electrons. The number of hydrogen-bond donors (Lipinski definition) is 2. The van der Waals surface area contributed by atoms with Gasteiger partial charge in [0.15, 0.2) is 0 Å². The molecule has 0 bridgehead atoms. The van der Waals surface area contributed by atoms with Crippen LogP contribution in [-0.2, 0) is 16.0 Å². The van der Waals surface area contributed by atoms with Crippen molar-refractivity contribution in [1.82, 2.24) is 5.32 Å². The van der Waals surface area contributed by atoms with Crippen LogP contribution in [-0.4, -0.2) is 36.4 Å². The normalized spacial score (nSPS) is 13.2. The number of amides is 2. The quantitative estimate of drug-likeness (QED) is 0.441. The average molecular weight is 400 g/mol. The summed E-state index contributed by atoms with van der Waals surface area (Å²) in [6, 6.07) is 11.0. The van der Waals surface area contributed by atoms with Crippen LogP contribution in [0.25, 0.3) is 0 Å². The van der Waals surface area contributed by atoms with E-state index in [0.29, 0.717) is 6.42 Å². The van der Waals surface area contributed by atoms with Crippen LogP contribution < -0.4 is 15.5 Å². The Kier molecular flexibility index (Phi) is 6.38. The van der Waals surface area contributed by atoms with Crippen molar-refractivity contribution in [3.63, 3.8) is 0 Å². The van der Waals surface area contributed by atoms with Crippen LogP contribution in [0.5, 0.6) is 0 Å². The third-order valence-electron chi connectivity index (χ3n) is 4.71. The molecule has 2 aromatic carbocycles. The minimum absolute atomic E-state index is 0.0317. The number of benzene rings is 2. The van der Waals surface area contributed by atoms with E-state index in [4.69, 9.17) is 0 Å². The van der Waals surface area contributed by atoms with Crippen LogP contribution in [0.2, 0.25) is 0 Å². The fourth-order valence-corrected chi connectivity index (χ4v) is 3.17. The van der Waals surface area contributed by atoms with Gasteiger partial charge < -0.3 is 15.5 Å². The zero-order valence-corrected chi connectivity index (χ0v) is 15.7. The molecule has 8 nitrogen and oxygen atoms in total. The number of rotatable bonds is 6. The second kappa shape index (κ2) is 9.13. The molecule has 2 aromatic rings. The first kappa shape index (κ1) is 20.2. The molecule has 0 spiro atoms. The number of carbonyl (C=O) groups excluding carboxylic acids is 2. The van der Waals surface area contributed by atoms with Crippen molar-refractivity contribution in [3.8, 4) is 0 Å². The molecule has 1 saturated heterocycles. The van der Waals surface area contributed by atoms with Crippen LogP contribution in [0.1, 0.15) is 18.4 Å². The van der Waals surface area contributed by atoms with Gasteiger partial charge in [0.25, 0.3) is 0 Å². The second-order valence-corrected chi connectivity index (χ2v) is 6.74. The highest BCUT2D eigenvalue weighted by atomic mass is 19.1. The summed E-state index contributed by atoms with van der Waals surface area (Å²) in [5.74, 6) is -2.87. The van der Waals surface area contributed by atoms with Crippen LogP contribution >= 0.6 is 0 Å². The Bertz CT molecular complexity index is 911. The van der Waals surface area contributed by atoms with Gasteiger partial charge >= 0.3 is 17.5 Å². The minimum atomic E-state index is -1.02. The molecule has 1 fully saturated rings. The van der Waals surface area contributed by atoms with Crippen molar-refractivity contribution in [1.29, 1.82) is 0 Å². The maximum Gasteiger partial charge on any atom is 0.313 e. The molecule has 0 aliphatic carbocycles. The number of hydrogen-bond acceptors (Lipinski definition) is 5. The van der Waals surface area contributed by atoms with Crippen molar-refractivity contribution in [2.45, 2.75) is 19.3 Å². The van der Waals surface area contributed by atoms with E-state index < -0.39 is 28.2 Å². The predicted molar refractivity (Wildman–Crippen MR) is 106 cm³/mol. The monoisotopic (exact) mass is 400 g/mol. The molecule has 2 amide bonds. The largest absolute Gasteiger partial charge is 0.372 e. The lowest BCUT2D eigenvalue weighted by Gasteiger charge is -2.17. The first-order valence-corrected chi connectivity index (χ1v) is 9.31. The summed E-state index contributed by atoms with van der Waals surface area (Å²) < 4.78 is 13.3. The van der Waals surface area contributed by atoms with Crippen molar-refractivity contribution >= 4 is 28.9 Å². The lowest BCUT2D eigenvalue weighted by molar-refractivity contribution is -0.387. The van der Waals surface area contributed by atoms with Gasteiger partial charge in [-0.3, -0.25) is 19.7 Å². The molecule has 0 radical (unpaired) electrons. The molecule has 1 aliphatic rings. The van der Waals surface area contributed by atoms with Gasteiger partial charge in [-0.05, 0) is 49.1 Å². The zero-order chi connectivity index (χ0) is 20.8. The van der Waals surface area contributed by atoms with Gasteiger partial charge in [-0.1, -0.05) is 12.1 Å². The van der Waals surface area contributed by atoms with E-state index >= 15 is 0 Å². The summed E-state index contributed by atoms with van der Waals surface area (Å²) in [6.45, 7) is 2.41. The highest BCUT2D eigenvalue weighted by Gasteiger charge is 2.18. The van der Waals surface area contributed by atoms with Crippen LogP contribution in [0.3, 0.4) is 0 Å². The molecule has 0 saturated carbocycles. The number of carbonyl (C=O) groups is 2. The van der Waals surface area contributed by atoms with E-state index in [1.807, 2.05) is 12.1 Å². The number of nitrogens with one attached hydrogen (secondary N) is 2. The van der Waals surface area contributed by atoms with Crippen LogP contribution in [0.4, 0.5) is 21.5 Å². The summed E-state index contributed by atoms with van der Waals surface area (Å²) in [6.07, 6.45) is 2.98. The van der Waals surface area contributed by atoms with Gasteiger partial charge in [0.05, 0.1) is 4.92 Å². The SMILES string of the molecule is O=C(NCCc1ccc(N2CCCC2)cc1)C(=O)Nc1ccc(F)c([N+](=O)[O-])c1. The Labute approximate surface area is 166 Å². The summed E-state index contributed by atoms with van der Waals surface area (Å²) in [7, 11) is 0. The summed E-state index contributed by atoms with van der Waals surface area (Å²) >= 11 is 0. The predicted octanol–water partition coefficient (Wildman–Crippen LogP) is 2.63. The molecule has 0 atom stereocenters. The molecule has 29 heavy (non-hydrogen) atoms. The summed E-state index contributed by atoms with van der Waals surface area (Å²) in [5, 5.41) is 15.5. The molecular weight excluding hydrogens is 379 g/mol. The number of nitro groups is 1. The molecule has 9 heteroatoms. The molecule has 1 aliphatic heterocycles. The Morgan fingerprint density at radius 3 is 2.41 bits per heavy atom. The summed E-state index contributed by atoms with van der Waals surface area (Å²) in [4.78, 5) is 36.0. The maximum atomic E-state index is 13.3. The Morgan fingerprint density at radius 1 is 1.07 bits per heavy atom. The van der Waals surface area contributed by atoms with Crippen molar-refractivity contribution in [2.24, 2.45) is 0 Å². The molecule has 2 N–H and O–H groups in total. The third kappa shape index (κ3) is 5.28. The van der Waals surface area contributed by atoms with Crippen molar-refractivity contribution < 1.29 is 18.9 Å². The summed E-state index contributed by atoms with van der Waals surface area (Å²) in [5.41, 5.74) is 1.40. The number of anilines is 2. The number of halogens is 1. The standard InChI is InChI=1S/C20H21FN4O4/c21-17-8-5-15(13-18(17)25(28)29)23-20(27)19(26)22-10-9-14-3-6-16(7-4-14)24-11-1-2-12-24/h3-8,13H,1-2,9-12H2,(H,22,26)(H,23,27). The molecule has 3 rings (SSSR count). The maximum absolute atomic E-state index is 13.3. The van der Waals surface area contributed by atoms with Gasteiger partial charge in [0, 0.05) is 37.1 Å². The van der Waals surface area contributed by atoms with Gasteiger partial charge in [-0.25, -0.2) is 0 Å². The zero-order valence-electron chi connectivity index (χ0n) is 15.7. The van der Waals surface area contributed by atoms with Crippen LogP contribution in [0, 0.1) is 15.9 Å².